The Morgan fingerprint density at radius 2 is 1.97 bits per heavy atom. The maximum Gasteiger partial charge on any atom is 0.262 e. The molecule has 0 saturated carbocycles. The van der Waals surface area contributed by atoms with E-state index in [2.05, 4.69) is 10.3 Å². The molecule has 0 aliphatic rings. The molecule has 30 heavy (non-hydrogen) atoms. The van der Waals surface area contributed by atoms with Crippen molar-refractivity contribution in [2.45, 2.75) is 33.6 Å². The second-order valence-electron chi connectivity index (χ2n) is 6.56. The van der Waals surface area contributed by atoms with Crippen LogP contribution in [0.4, 0.5) is 4.39 Å². The van der Waals surface area contributed by atoms with Crippen molar-refractivity contribution in [1.29, 1.82) is 0 Å². The Hall–Kier alpha value is -2.62. The Morgan fingerprint density at radius 1 is 1.27 bits per heavy atom. The molecule has 160 valence electrons. The van der Waals surface area contributed by atoms with Crippen molar-refractivity contribution in [3.8, 4) is 0 Å². The fourth-order valence-corrected chi connectivity index (χ4v) is 4.15. The number of nitrogens with one attached hydrogen (secondary N) is 1. The van der Waals surface area contributed by atoms with E-state index < -0.39 is 6.29 Å². The number of hydrogen-bond acceptors (Lipinski definition) is 6. The van der Waals surface area contributed by atoms with Crippen LogP contribution in [0.15, 0.2) is 35.4 Å². The van der Waals surface area contributed by atoms with Crippen molar-refractivity contribution < 1.29 is 18.7 Å². The SMILES string of the molecule is CCOC(CNC(=O)c1sc2ncn(Cc3ccccc3F)c(=O)c2c1C)OCC. The summed E-state index contributed by atoms with van der Waals surface area (Å²) in [6, 6.07) is 6.28. The molecule has 0 fully saturated rings. The lowest BCUT2D eigenvalue weighted by Crippen LogP contribution is -2.35. The van der Waals surface area contributed by atoms with E-state index in [1.54, 1.807) is 25.1 Å². The summed E-state index contributed by atoms with van der Waals surface area (Å²) < 4.78 is 26.2. The summed E-state index contributed by atoms with van der Waals surface area (Å²) in [7, 11) is 0. The summed E-state index contributed by atoms with van der Waals surface area (Å²) in [5, 5.41) is 3.16. The highest BCUT2D eigenvalue weighted by Gasteiger charge is 2.20. The molecular weight excluding hydrogens is 409 g/mol. The van der Waals surface area contributed by atoms with E-state index in [-0.39, 0.29) is 30.4 Å². The van der Waals surface area contributed by atoms with E-state index in [1.807, 2.05) is 13.8 Å². The molecule has 2 aromatic heterocycles. The van der Waals surface area contributed by atoms with Gasteiger partial charge in [0.1, 0.15) is 10.6 Å². The first-order valence-electron chi connectivity index (χ1n) is 9.69. The number of fused-ring (bicyclic) bond motifs is 1. The van der Waals surface area contributed by atoms with Crippen LogP contribution in [-0.4, -0.2) is 41.5 Å². The predicted molar refractivity (Wildman–Crippen MR) is 113 cm³/mol. The monoisotopic (exact) mass is 433 g/mol. The molecule has 3 rings (SSSR count). The molecule has 0 unspecified atom stereocenters. The van der Waals surface area contributed by atoms with Crippen LogP contribution in [0.3, 0.4) is 0 Å². The second-order valence-corrected chi connectivity index (χ2v) is 7.55. The third-order valence-corrected chi connectivity index (χ3v) is 5.76. The molecule has 9 heteroatoms. The number of carbonyl (C=O) groups excluding carboxylic acids is 1. The maximum absolute atomic E-state index is 14.0. The molecule has 0 radical (unpaired) electrons. The first kappa shape index (κ1) is 22.1. The molecule has 0 atom stereocenters. The van der Waals surface area contributed by atoms with Crippen molar-refractivity contribution in [2.24, 2.45) is 0 Å². The molecule has 0 bridgehead atoms. The summed E-state index contributed by atoms with van der Waals surface area (Å²) >= 11 is 1.15. The Kier molecular flexibility index (Phi) is 7.30. The van der Waals surface area contributed by atoms with Crippen LogP contribution < -0.4 is 10.9 Å². The predicted octanol–water partition coefficient (Wildman–Crippen LogP) is 3.08. The Bertz CT molecular complexity index is 1090. The summed E-state index contributed by atoms with van der Waals surface area (Å²) in [6.07, 6.45) is 0.851. The highest BCUT2D eigenvalue weighted by Crippen LogP contribution is 2.26. The minimum Gasteiger partial charge on any atom is -0.351 e. The van der Waals surface area contributed by atoms with Crippen LogP contribution in [0.1, 0.15) is 34.6 Å². The van der Waals surface area contributed by atoms with Crippen LogP contribution in [-0.2, 0) is 16.0 Å². The van der Waals surface area contributed by atoms with Crippen molar-refractivity contribution in [2.75, 3.05) is 19.8 Å². The maximum atomic E-state index is 14.0. The quantitative estimate of drug-likeness (QED) is 0.525. The molecule has 1 amide bonds. The van der Waals surface area contributed by atoms with Gasteiger partial charge >= 0.3 is 0 Å². The number of hydrogen-bond donors (Lipinski definition) is 1. The highest BCUT2D eigenvalue weighted by atomic mass is 32.1. The number of carbonyl (C=O) groups is 1. The number of amides is 1. The molecule has 3 aromatic rings. The average molecular weight is 434 g/mol. The topological polar surface area (TPSA) is 82.5 Å². The fraction of sp³-hybridized carbons (Fsp3) is 0.381. The second kappa shape index (κ2) is 9.92. The van der Waals surface area contributed by atoms with Gasteiger partial charge in [0.2, 0.25) is 0 Å². The van der Waals surface area contributed by atoms with Gasteiger partial charge in [0.25, 0.3) is 11.5 Å². The van der Waals surface area contributed by atoms with Crippen molar-refractivity contribution >= 4 is 27.5 Å². The minimum absolute atomic E-state index is 0.0651. The molecule has 1 aromatic carbocycles. The van der Waals surface area contributed by atoms with Crippen LogP contribution >= 0.6 is 11.3 Å². The van der Waals surface area contributed by atoms with E-state index >= 15 is 0 Å². The fourth-order valence-electron chi connectivity index (χ4n) is 3.09. The van der Waals surface area contributed by atoms with Gasteiger partial charge in [-0.1, -0.05) is 18.2 Å². The number of halogens is 1. The van der Waals surface area contributed by atoms with Gasteiger partial charge in [-0.25, -0.2) is 9.37 Å². The van der Waals surface area contributed by atoms with E-state index in [1.165, 1.54) is 17.0 Å². The molecule has 0 saturated heterocycles. The first-order chi connectivity index (χ1) is 14.5. The zero-order valence-corrected chi connectivity index (χ0v) is 17.9. The van der Waals surface area contributed by atoms with Gasteiger partial charge in [-0.05, 0) is 32.4 Å². The summed E-state index contributed by atoms with van der Waals surface area (Å²) in [5.41, 5.74) is 0.638. The Labute approximate surface area is 177 Å². The minimum atomic E-state index is -0.533. The van der Waals surface area contributed by atoms with Gasteiger partial charge in [-0.3, -0.25) is 14.2 Å². The Morgan fingerprint density at radius 3 is 2.63 bits per heavy atom. The normalized spacial score (nSPS) is 11.4. The number of aromatic nitrogens is 2. The van der Waals surface area contributed by atoms with E-state index in [0.717, 1.165) is 11.3 Å². The van der Waals surface area contributed by atoms with Gasteiger partial charge in [-0.15, -0.1) is 11.3 Å². The number of thiophene rings is 1. The molecule has 0 spiro atoms. The summed E-state index contributed by atoms with van der Waals surface area (Å²) in [5.74, 6) is -0.704. The van der Waals surface area contributed by atoms with E-state index in [9.17, 15) is 14.0 Å². The van der Waals surface area contributed by atoms with Crippen LogP contribution in [0.25, 0.3) is 10.2 Å². The standard InChI is InChI=1S/C21H24FN3O4S/c1-4-28-16(29-5-2)10-23-19(26)18-13(3)17-20(30-18)24-12-25(21(17)27)11-14-8-6-7-9-15(14)22/h6-9,12,16H,4-5,10-11H2,1-3H3,(H,23,26). The zero-order chi connectivity index (χ0) is 21.7. The summed E-state index contributed by atoms with van der Waals surface area (Å²) in [4.78, 5) is 30.8. The highest BCUT2D eigenvalue weighted by molar-refractivity contribution is 7.20. The lowest BCUT2D eigenvalue weighted by Gasteiger charge is -2.17. The van der Waals surface area contributed by atoms with E-state index in [4.69, 9.17) is 9.47 Å². The largest absolute Gasteiger partial charge is 0.351 e. The molecule has 0 aliphatic heterocycles. The van der Waals surface area contributed by atoms with Crippen LogP contribution in [0.2, 0.25) is 0 Å². The van der Waals surface area contributed by atoms with Crippen molar-refractivity contribution in [1.82, 2.24) is 14.9 Å². The first-order valence-corrected chi connectivity index (χ1v) is 10.5. The van der Waals surface area contributed by atoms with Gasteiger partial charge < -0.3 is 14.8 Å². The number of benzene rings is 1. The number of rotatable bonds is 9. The Balaban J connectivity index is 1.85. The average Bonchev–Trinajstić information content (AvgIpc) is 3.07. The van der Waals surface area contributed by atoms with Crippen molar-refractivity contribution in [3.05, 3.63) is 62.8 Å². The van der Waals surface area contributed by atoms with Gasteiger partial charge in [0, 0.05) is 18.8 Å². The number of nitrogens with zero attached hydrogens (tertiary/aromatic N) is 2. The molecule has 2 heterocycles. The lowest BCUT2D eigenvalue weighted by atomic mass is 10.2. The van der Waals surface area contributed by atoms with Crippen molar-refractivity contribution in [3.63, 3.8) is 0 Å². The number of aryl methyl sites for hydroxylation is 1. The zero-order valence-electron chi connectivity index (χ0n) is 17.1. The van der Waals surface area contributed by atoms with Crippen LogP contribution in [0, 0.1) is 12.7 Å². The van der Waals surface area contributed by atoms with E-state index in [0.29, 0.717) is 39.4 Å². The molecule has 1 N–H and O–H groups in total. The lowest BCUT2D eigenvalue weighted by molar-refractivity contribution is -0.131. The third kappa shape index (κ3) is 4.75. The van der Waals surface area contributed by atoms with Gasteiger partial charge in [0.05, 0.1) is 29.7 Å². The third-order valence-electron chi connectivity index (χ3n) is 4.56. The molecule has 0 aliphatic carbocycles. The van der Waals surface area contributed by atoms with Crippen LogP contribution in [0.5, 0.6) is 0 Å². The van der Waals surface area contributed by atoms with Gasteiger partial charge in [0.15, 0.2) is 6.29 Å². The number of ether oxygens (including phenoxy) is 2. The molecular formula is C21H24FN3O4S. The van der Waals surface area contributed by atoms with Gasteiger partial charge in [-0.2, -0.15) is 0 Å². The molecule has 7 nitrogen and oxygen atoms in total. The summed E-state index contributed by atoms with van der Waals surface area (Å²) in [6.45, 7) is 6.60. The smallest absolute Gasteiger partial charge is 0.262 e.